The Kier molecular flexibility index (Phi) is 3.09. The van der Waals surface area contributed by atoms with E-state index in [1.807, 2.05) is 0 Å². The van der Waals surface area contributed by atoms with E-state index in [-0.39, 0.29) is 6.54 Å². The largest absolute Gasteiger partial charge is 0.454 e. The highest BCUT2D eigenvalue weighted by Crippen LogP contribution is 2.08. The van der Waals surface area contributed by atoms with Crippen LogP contribution in [0, 0.1) is 0 Å². The molecule has 0 radical (unpaired) electrons. The molecule has 3 nitrogen and oxygen atoms in total. The normalized spacial score (nSPS) is 10.7. The van der Waals surface area contributed by atoms with Crippen molar-refractivity contribution in [2.75, 3.05) is 6.54 Å². The summed E-state index contributed by atoms with van der Waals surface area (Å²) >= 11 is 0. The first-order valence-corrected chi connectivity index (χ1v) is 3.07. The maximum atomic E-state index is 10.6. The van der Waals surface area contributed by atoms with Crippen LogP contribution in [-0.2, 0) is 9.53 Å². The average Bonchev–Trinajstić information content (AvgIpc) is 1.87. The third kappa shape index (κ3) is 3.25. The Bertz CT molecular complexity index is 141. The molecule has 0 spiro atoms. The molecule has 0 atom stereocenters. The van der Waals surface area contributed by atoms with Gasteiger partial charge in [-0.1, -0.05) is 6.58 Å². The fourth-order valence-electron chi connectivity index (χ4n) is 0.377. The van der Waals surface area contributed by atoms with Gasteiger partial charge in [0.15, 0.2) is 0 Å². The van der Waals surface area contributed by atoms with Gasteiger partial charge < -0.3 is 10.5 Å². The third-order valence-corrected chi connectivity index (χ3v) is 1.04. The van der Waals surface area contributed by atoms with Crippen molar-refractivity contribution < 1.29 is 9.53 Å². The number of ether oxygens (including phenoxy) is 1. The van der Waals surface area contributed by atoms with E-state index in [1.54, 1.807) is 19.9 Å². The van der Waals surface area contributed by atoms with Crippen LogP contribution in [0.5, 0.6) is 0 Å². The molecule has 0 unspecified atom stereocenters. The van der Waals surface area contributed by atoms with Crippen molar-refractivity contribution in [2.24, 2.45) is 5.73 Å². The van der Waals surface area contributed by atoms with E-state index in [0.717, 1.165) is 0 Å². The summed E-state index contributed by atoms with van der Waals surface area (Å²) in [4.78, 5) is 10.6. The van der Waals surface area contributed by atoms with Gasteiger partial charge >= 0.3 is 5.97 Å². The molecule has 2 N–H and O–H groups in total. The zero-order chi connectivity index (χ0) is 8.20. The molecule has 0 bridgehead atoms. The predicted octanol–water partition coefficient (Wildman–Crippen LogP) is 0.453. The van der Waals surface area contributed by atoms with Crippen molar-refractivity contribution in [1.29, 1.82) is 0 Å². The molecule has 0 aromatic rings. The van der Waals surface area contributed by atoms with Crippen molar-refractivity contribution in [3.8, 4) is 0 Å². The lowest BCUT2D eigenvalue weighted by Gasteiger charge is -2.19. The minimum atomic E-state index is -0.601. The second kappa shape index (κ2) is 3.37. The SMILES string of the molecule is C=CC(C)(C)OC(=O)CN. The molecule has 0 saturated carbocycles. The van der Waals surface area contributed by atoms with Gasteiger partial charge in [-0.25, -0.2) is 0 Å². The molecule has 0 aliphatic heterocycles. The molecule has 58 valence electrons. The highest BCUT2D eigenvalue weighted by molar-refractivity contribution is 5.71. The van der Waals surface area contributed by atoms with Gasteiger partial charge in [-0.2, -0.15) is 0 Å². The minimum Gasteiger partial charge on any atom is -0.454 e. The lowest BCUT2D eigenvalue weighted by Crippen LogP contribution is -2.29. The number of esters is 1. The molecule has 0 amide bonds. The van der Waals surface area contributed by atoms with Crippen LogP contribution in [0.3, 0.4) is 0 Å². The summed E-state index contributed by atoms with van der Waals surface area (Å²) in [5, 5.41) is 0. The minimum absolute atomic E-state index is 0.0860. The summed E-state index contributed by atoms with van der Waals surface area (Å²) in [7, 11) is 0. The van der Waals surface area contributed by atoms with Crippen LogP contribution >= 0.6 is 0 Å². The monoisotopic (exact) mass is 143 g/mol. The zero-order valence-electron chi connectivity index (χ0n) is 6.39. The summed E-state index contributed by atoms with van der Waals surface area (Å²) in [5.74, 6) is -0.412. The summed E-state index contributed by atoms with van der Waals surface area (Å²) < 4.78 is 4.85. The molecule has 0 heterocycles. The Morgan fingerprint density at radius 3 is 2.60 bits per heavy atom. The van der Waals surface area contributed by atoms with Crippen LogP contribution in [0.2, 0.25) is 0 Å². The van der Waals surface area contributed by atoms with Gasteiger partial charge in [-0.15, -0.1) is 0 Å². The molecule has 0 fully saturated rings. The van der Waals surface area contributed by atoms with Gasteiger partial charge in [0.25, 0.3) is 0 Å². The van der Waals surface area contributed by atoms with E-state index in [4.69, 9.17) is 10.5 Å². The van der Waals surface area contributed by atoms with Crippen molar-refractivity contribution in [3.63, 3.8) is 0 Å². The fraction of sp³-hybridized carbons (Fsp3) is 0.571. The first-order valence-electron chi connectivity index (χ1n) is 3.07. The topological polar surface area (TPSA) is 52.3 Å². The first-order chi connectivity index (χ1) is 4.52. The number of rotatable bonds is 3. The smallest absolute Gasteiger partial charge is 0.320 e. The van der Waals surface area contributed by atoms with Crippen LogP contribution in [-0.4, -0.2) is 18.1 Å². The van der Waals surface area contributed by atoms with Crippen LogP contribution in [0.15, 0.2) is 12.7 Å². The maximum absolute atomic E-state index is 10.6. The third-order valence-electron chi connectivity index (χ3n) is 1.04. The first kappa shape index (κ1) is 9.17. The van der Waals surface area contributed by atoms with Crippen LogP contribution < -0.4 is 5.73 Å². The fourth-order valence-corrected chi connectivity index (χ4v) is 0.377. The molecule has 0 aromatic carbocycles. The maximum Gasteiger partial charge on any atom is 0.320 e. The number of carbonyl (C=O) groups is 1. The molecule has 0 aromatic heterocycles. The molecule has 3 heteroatoms. The Balaban J connectivity index is 3.88. The van der Waals surface area contributed by atoms with Gasteiger partial charge in [0.1, 0.15) is 5.60 Å². The van der Waals surface area contributed by atoms with E-state index in [1.165, 1.54) is 0 Å². The quantitative estimate of drug-likeness (QED) is 0.461. The predicted molar refractivity (Wildman–Crippen MR) is 39.4 cm³/mol. The number of hydrogen-bond acceptors (Lipinski definition) is 3. The van der Waals surface area contributed by atoms with Gasteiger partial charge in [0.2, 0.25) is 0 Å². The van der Waals surface area contributed by atoms with Gasteiger partial charge in [-0.05, 0) is 19.9 Å². The molecule has 10 heavy (non-hydrogen) atoms. The van der Waals surface area contributed by atoms with E-state index in [9.17, 15) is 4.79 Å². The summed E-state index contributed by atoms with van der Waals surface area (Å²) in [6.07, 6.45) is 1.56. The Morgan fingerprint density at radius 2 is 2.30 bits per heavy atom. The summed E-state index contributed by atoms with van der Waals surface area (Å²) in [5.41, 5.74) is 4.42. The average molecular weight is 143 g/mol. The summed E-state index contributed by atoms with van der Waals surface area (Å²) in [6, 6.07) is 0. The highest BCUT2D eigenvalue weighted by atomic mass is 16.6. The van der Waals surface area contributed by atoms with Crippen molar-refractivity contribution in [1.82, 2.24) is 0 Å². The van der Waals surface area contributed by atoms with Crippen LogP contribution in [0.4, 0.5) is 0 Å². The number of carbonyl (C=O) groups excluding carboxylic acids is 1. The van der Waals surface area contributed by atoms with Gasteiger partial charge in [0, 0.05) is 0 Å². The molecular weight excluding hydrogens is 130 g/mol. The summed E-state index contributed by atoms with van der Waals surface area (Å²) in [6.45, 7) is 6.90. The van der Waals surface area contributed by atoms with E-state index in [2.05, 4.69) is 6.58 Å². The van der Waals surface area contributed by atoms with E-state index in [0.29, 0.717) is 0 Å². The lowest BCUT2D eigenvalue weighted by molar-refractivity contribution is -0.150. The number of nitrogens with two attached hydrogens (primary N) is 1. The molecular formula is C7H13NO2. The standard InChI is InChI=1S/C7H13NO2/c1-4-7(2,3)10-6(9)5-8/h4H,1,5,8H2,2-3H3. The molecule has 0 aliphatic carbocycles. The Labute approximate surface area is 60.9 Å². The van der Waals surface area contributed by atoms with Crippen LogP contribution in [0.1, 0.15) is 13.8 Å². The van der Waals surface area contributed by atoms with Crippen LogP contribution in [0.25, 0.3) is 0 Å². The molecule has 0 rings (SSSR count). The zero-order valence-corrected chi connectivity index (χ0v) is 6.39. The lowest BCUT2D eigenvalue weighted by atomic mass is 10.1. The van der Waals surface area contributed by atoms with Crippen molar-refractivity contribution in [3.05, 3.63) is 12.7 Å². The Morgan fingerprint density at radius 1 is 1.80 bits per heavy atom. The number of hydrogen-bond donors (Lipinski definition) is 1. The van der Waals surface area contributed by atoms with Crippen molar-refractivity contribution >= 4 is 5.97 Å². The molecule has 0 aliphatic rings. The van der Waals surface area contributed by atoms with E-state index >= 15 is 0 Å². The second-order valence-corrected chi connectivity index (χ2v) is 2.49. The van der Waals surface area contributed by atoms with Gasteiger partial charge in [0.05, 0.1) is 6.54 Å². The second-order valence-electron chi connectivity index (χ2n) is 2.49. The van der Waals surface area contributed by atoms with E-state index < -0.39 is 11.6 Å². The van der Waals surface area contributed by atoms with Gasteiger partial charge in [-0.3, -0.25) is 4.79 Å². The molecule has 0 saturated heterocycles. The Hall–Kier alpha value is -0.830. The highest BCUT2D eigenvalue weighted by Gasteiger charge is 2.16. The van der Waals surface area contributed by atoms with Crippen molar-refractivity contribution in [2.45, 2.75) is 19.4 Å².